The Morgan fingerprint density at radius 1 is 1.48 bits per heavy atom. The van der Waals surface area contributed by atoms with Crippen molar-refractivity contribution in [3.63, 3.8) is 0 Å². The van der Waals surface area contributed by atoms with Crippen LogP contribution < -0.4 is 5.32 Å². The van der Waals surface area contributed by atoms with Gasteiger partial charge in [-0.3, -0.25) is 4.79 Å². The van der Waals surface area contributed by atoms with E-state index in [0.29, 0.717) is 10.7 Å². The molecule has 112 valence electrons. The van der Waals surface area contributed by atoms with Gasteiger partial charge in [0.1, 0.15) is 5.82 Å². The molecule has 0 saturated heterocycles. The third-order valence-corrected chi connectivity index (χ3v) is 4.61. The Morgan fingerprint density at radius 2 is 2.24 bits per heavy atom. The molecule has 0 saturated carbocycles. The van der Waals surface area contributed by atoms with E-state index < -0.39 is 0 Å². The van der Waals surface area contributed by atoms with E-state index in [1.54, 1.807) is 12.1 Å². The highest BCUT2D eigenvalue weighted by atomic mass is 79.9. The fourth-order valence-electron chi connectivity index (χ4n) is 1.69. The molecule has 1 heterocycles. The van der Waals surface area contributed by atoms with Gasteiger partial charge in [-0.25, -0.2) is 0 Å². The average Bonchev–Trinajstić information content (AvgIpc) is 2.80. The molecule has 0 aliphatic heterocycles. The highest BCUT2D eigenvalue weighted by Crippen LogP contribution is 2.26. The van der Waals surface area contributed by atoms with Gasteiger partial charge in [0, 0.05) is 17.9 Å². The smallest absolute Gasteiger partial charge is 0.234 e. The maximum atomic E-state index is 12.0. The Balaban J connectivity index is 1.94. The maximum absolute atomic E-state index is 12.0. The summed E-state index contributed by atoms with van der Waals surface area (Å²) >= 11 is 10.7. The average molecular weight is 390 g/mol. The number of carbonyl (C=O) groups excluding carboxylic acids is 1. The molecule has 0 aliphatic carbocycles. The lowest BCUT2D eigenvalue weighted by atomic mass is 10.3. The van der Waals surface area contributed by atoms with E-state index >= 15 is 0 Å². The molecule has 2 aromatic rings. The first-order valence-corrected chi connectivity index (χ1v) is 8.43. The van der Waals surface area contributed by atoms with Gasteiger partial charge in [-0.05, 0) is 18.2 Å². The predicted octanol–water partition coefficient (Wildman–Crippen LogP) is 3.52. The number of benzene rings is 1. The van der Waals surface area contributed by atoms with Crippen LogP contribution in [-0.4, -0.2) is 26.4 Å². The van der Waals surface area contributed by atoms with Crippen molar-refractivity contribution in [2.75, 3.05) is 11.1 Å². The van der Waals surface area contributed by atoms with Crippen molar-refractivity contribution in [1.82, 2.24) is 14.8 Å². The summed E-state index contributed by atoms with van der Waals surface area (Å²) in [6.45, 7) is 2.01. The summed E-state index contributed by atoms with van der Waals surface area (Å²) in [6.07, 6.45) is 0.810. The monoisotopic (exact) mass is 388 g/mol. The third kappa shape index (κ3) is 4.21. The number of aromatic nitrogens is 3. The normalized spacial score (nSPS) is 10.7. The molecule has 0 radical (unpaired) electrons. The van der Waals surface area contributed by atoms with Crippen LogP contribution in [0, 0.1) is 0 Å². The number of hydrogen-bond donors (Lipinski definition) is 1. The van der Waals surface area contributed by atoms with E-state index in [1.165, 1.54) is 11.8 Å². The lowest BCUT2D eigenvalue weighted by Crippen LogP contribution is -2.14. The van der Waals surface area contributed by atoms with E-state index in [9.17, 15) is 4.79 Å². The third-order valence-electron chi connectivity index (χ3n) is 2.78. The van der Waals surface area contributed by atoms with Crippen LogP contribution in [0.1, 0.15) is 12.7 Å². The molecular formula is C13H14BrClN4OS. The molecule has 1 aromatic carbocycles. The molecule has 5 nitrogen and oxygen atoms in total. The van der Waals surface area contributed by atoms with Gasteiger partial charge in [-0.2, -0.15) is 0 Å². The number of anilines is 1. The SMILES string of the molecule is CCc1nnc(SCC(=O)Nc2ccc(Br)cc2Cl)n1C. The molecule has 0 unspecified atom stereocenters. The first-order chi connectivity index (χ1) is 10.0. The van der Waals surface area contributed by atoms with Gasteiger partial charge in [0.25, 0.3) is 0 Å². The summed E-state index contributed by atoms with van der Waals surface area (Å²) in [5, 5.41) is 12.1. The largest absolute Gasteiger partial charge is 0.324 e. The van der Waals surface area contributed by atoms with Crippen LogP contribution >= 0.6 is 39.3 Å². The van der Waals surface area contributed by atoms with E-state index in [-0.39, 0.29) is 11.7 Å². The van der Waals surface area contributed by atoms with Crippen molar-refractivity contribution < 1.29 is 4.79 Å². The minimum absolute atomic E-state index is 0.134. The van der Waals surface area contributed by atoms with Gasteiger partial charge < -0.3 is 9.88 Å². The Hall–Kier alpha value is -1.05. The Bertz CT molecular complexity index is 662. The summed E-state index contributed by atoms with van der Waals surface area (Å²) in [7, 11) is 1.89. The lowest BCUT2D eigenvalue weighted by Gasteiger charge is -2.07. The standard InChI is InChI=1S/C13H14BrClN4OS/c1-3-11-17-18-13(19(11)2)21-7-12(20)16-10-5-4-8(14)6-9(10)15/h4-6H,3,7H2,1-2H3,(H,16,20). The number of halogens is 2. The zero-order valence-corrected chi connectivity index (χ0v) is 14.7. The molecular weight excluding hydrogens is 376 g/mol. The molecule has 0 spiro atoms. The summed E-state index contributed by atoms with van der Waals surface area (Å²) < 4.78 is 2.76. The fourth-order valence-corrected chi connectivity index (χ4v) is 3.14. The molecule has 2 rings (SSSR count). The number of hydrogen-bond acceptors (Lipinski definition) is 4. The van der Waals surface area contributed by atoms with E-state index in [0.717, 1.165) is 21.9 Å². The predicted molar refractivity (Wildman–Crippen MR) is 88.9 cm³/mol. The van der Waals surface area contributed by atoms with E-state index in [4.69, 9.17) is 11.6 Å². The fraction of sp³-hybridized carbons (Fsp3) is 0.308. The second-order valence-corrected chi connectivity index (χ2v) is 6.54. The van der Waals surface area contributed by atoms with Crippen LogP contribution in [0.25, 0.3) is 0 Å². The number of nitrogens with one attached hydrogen (secondary N) is 1. The molecule has 8 heteroatoms. The number of aryl methyl sites for hydroxylation is 1. The molecule has 1 aromatic heterocycles. The zero-order chi connectivity index (χ0) is 15.4. The van der Waals surface area contributed by atoms with Crippen LogP contribution in [0.4, 0.5) is 5.69 Å². The van der Waals surface area contributed by atoms with Crippen molar-refractivity contribution in [1.29, 1.82) is 0 Å². The highest BCUT2D eigenvalue weighted by molar-refractivity contribution is 9.10. The maximum Gasteiger partial charge on any atom is 0.234 e. The Labute approximate surface area is 140 Å². The number of carbonyl (C=O) groups is 1. The van der Waals surface area contributed by atoms with Crippen molar-refractivity contribution in [2.45, 2.75) is 18.5 Å². The van der Waals surface area contributed by atoms with Gasteiger partial charge in [0.15, 0.2) is 5.16 Å². The molecule has 0 atom stereocenters. The van der Waals surface area contributed by atoms with E-state index in [2.05, 4.69) is 31.4 Å². The van der Waals surface area contributed by atoms with Crippen LogP contribution in [0.15, 0.2) is 27.8 Å². The molecule has 0 aliphatic rings. The second kappa shape index (κ2) is 7.29. The second-order valence-electron chi connectivity index (χ2n) is 4.27. The topological polar surface area (TPSA) is 59.8 Å². The molecule has 1 amide bonds. The van der Waals surface area contributed by atoms with Crippen LogP contribution in [0.3, 0.4) is 0 Å². The Kier molecular flexibility index (Phi) is 5.66. The van der Waals surface area contributed by atoms with Gasteiger partial charge in [-0.1, -0.05) is 46.2 Å². The first-order valence-electron chi connectivity index (χ1n) is 6.27. The van der Waals surface area contributed by atoms with Crippen molar-refractivity contribution >= 4 is 50.9 Å². The van der Waals surface area contributed by atoms with Gasteiger partial charge in [0.2, 0.25) is 5.91 Å². The Morgan fingerprint density at radius 3 is 2.86 bits per heavy atom. The van der Waals surface area contributed by atoms with Crippen LogP contribution in [-0.2, 0) is 18.3 Å². The van der Waals surface area contributed by atoms with Crippen molar-refractivity contribution in [3.8, 4) is 0 Å². The summed E-state index contributed by atoms with van der Waals surface area (Å²) in [5.74, 6) is 1.02. The molecule has 1 N–H and O–H groups in total. The van der Waals surface area contributed by atoms with Gasteiger partial charge in [0.05, 0.1) is 16.5 Å². The first kappa shape index (κ1) is 16.3. The zero-order valence-electron chi connectivity index (χ0n) is 11.6. The van der Waals surface area contributed by atoms with Crippen molar-refractivity contribution in [2.24, 2.45) is 7.05 Å². The summed E-state index contributed by atoms with van der Waals surface area (Å²) in [5.41, 5.74) is 0.595. The number of amides is 1. The quantitative estimate of drug-likeness (QED) is 0.795. The lowest BCUT2D eigenvalue weighted by molar-refractivity contribution is -0.113. The molecule has 0 bridgehead atoms. The van der Waals surface area contributed by atoms with E-state index in [1.807, 2.05) is 24.6 Å². The number of nitrogens with zero attached hydrogens (tertiary/aromatic N) is 3. The summed E-state index contributed by atoms with van der Waals surface area (Å²) in [4.78, 5) is 12.0. The van der Waals surface area contributed by atoms with Gasteiger partial charge >= 0.3 is 0 Å². The number of thioether (sulfide) groups is 1. The number of rotatable bonds is 5. The van der Waals surface area contributed by atoms with Crippen molar-refractivity contribution in [3.05, 3.63) is 33.5 Å². The molecule has 21 heavy (non-hydrogen) atoms. The summed E-state index contributed by atoms with van der Waals surface area (Å²) in [6, 6.07) is 5.32. The van der Waals surface area contributed by atoms with Gasteiger partial charge in [-0.15, -0.1) is 10.2 Å². The highest BCUT2D eigenvalue weighted by Gasteiger charge is 2.11. The minimum Gasteiger partial charge on any atom is -0.324 e. The molecule has 0 fully saturated rings. The minimum atomic E-state index is -0.134. The van der Waals surface area contributed by atoms with Crippen LogP contribution in [0.5, 0.6) is 0 Å². The van der Waals surface area contributed by atoms with Crippen LogP contribution in [0.2, 0.25) is 5.02 Å².